The fourth-order valence-corrected chi connectivity index (χ4v) is 2.70. The molecule has 0 atom stereocenters. The van der Waals surface area contributed by atoms with E-state index in [0.717, 1.165) is 16.1 Å². The summed E-state index contributed by atoms with van der Waals surface area (Å²) in [6.45, 7) is 2.16. The van der Waals surface area contributed by atoms with Gasteiger partial charge in [0.1, 0.15) is 5.00 Å². The highest BCUT2D eigenvalue weighted by molar-refractivity contribution is 7.10. The van der Waals surface area contributed by atoms with Crippen molar-refractivity contribution in [3.05, 3.63) is 46.6 Å². The van der Waals surface area contributed by atoms with E-state index in [4.69, 9.17) is 0 Å². The number of nitrogens with zero attached hydrogens (tertiary/aromatic N) is 1. The summed E-state index contributed by atoms with van der Waals surface area (Å²) in [4.78, 5) is 12.2. The second-order valence-electron chi connectivity index (χ2n) is 4.33. The standard InChI is InChI=1S/C14H17N3O2S/c1-9-12(14(15-2)20-17-9)13(19)16-7-10-5-3-4-6-11(10)8-18/h3-6,15,18H,7-8H2,1-2H3,(H,16,19). The van der Waals surface area contributed by atoms with E-state index in [1.807, 2.05) is 31.2 Å². The summed E-state index contributed by atoms with van der Waals surface area (Å²) in [5.74, 6) is -0.159. The third kappa shape index (κ3) is 2.97. The number of benzene rings is 1. The van der Waals surface area contributed by atoms with Crippen LogP contribution in [0.25, 0.3) is 0 Å². The molecule has 1 aromatic heterocycles. The van der Waals surface area contributed by atoms with Crippen molar-refractivity contribution < 1.29 is 9.90 Å². The van der Waals surface area contributed by atoms with Crippen molar-refractivity contribution in [3.63, 3.8) is 0 Å². The van der Waals surface area contributed by atoms with E-state index in [1.165, 1.54) is 11.5 Å². The Morgan fingerprint density at radius 3 is 2.70 bits per heavy atom. The van der Waals surface area contributed by atoms with Gasteiger partial charge in [0.25, 0.3) is 5.91 Å². The second-order valence-corrected chi connectivity index (χ2v) is 5.11. The van der Waals surface area contributed by atoms with E-state index in [2.05, 4.69) is 15.0 Å². The Labute approximate surface area is 121 Å². The zero-order valence-corrected chi connectivity index (χ0v) is 12.3. The summed E-state index contributed by atoms with van der Waals surface area (Å²) < 4.78 is 4.18. The van der Waals surface area contributed by atoms with Crippen molar-refractivity contribution >= 4 is 22.4 Å². The maximum atomic E-state index is 12.2. The number of hydrogen-bond acceptors (Lipinski definition) is 5. The Morgan fingerprint density at radius 1 is 1.35 bits per heavy atom. The van der Waals surface area contributed by atoms with Crippen molar-refractivity contribution in [2.75, 3.05) is 12.4 Å². The lowest BCUT2D eigenvalue weighted by Gasteiger charge is -2.09. The Balaban J connectivity index is 2.11. The molecule has 0 fully saturated rings. The third-order valence-electron chi connectivity index (χ3n) is 3.04. The smallest absolute Gasteiger partial charge is 0.256 e. The fraction of sp³-hybridized carbons (Fsp3) is 0.286. The first-order valence-electron chi connectivity index (χ1n) is 6.27. The van der Waals surface area contributed by atoms with Crippen LogP contribution in [0, 0.1) is 6.92 Å². The number of rotatable bonds is 5. The van der Waals surface area contributed by atoms with Crippen molar-refractivity contribution in [2.24, 2.45) is 0 Å². The molecule has 3 N–H and O–H groups in total. The van der Waals surface area contributed by atoms with Crippen molar-refractivity contribution in [1.82, 2.24) is 9.69 Å². The number of anilines is 1. The van der Waals surface area contributed by atoms with Gasteiger partial charge in [-0.1, -0.05) is 24.3 Å². The maximum Gasteiger partial charge on any atom is 0.256 e. The number of amides is 1. The quantitative estimate of drug-likeness (QED) is 0.787. The van der Waals surface area contributed by atoms with Crippen LogP contribution in [0.5, 0.6) is 0 Å². The summed E-state index contributed by atoms with van der Waals surface area (Å²) in [5, 5.41) is 15.9. The molecular weight excluding hydrogens is 274 g/mol. The summed E-state index contributed by atoms with van der Waals surface area (Å²) in [6.07, 6.45) is 0. The third-order valence-corrected chi connectivity index (χ3v) is 4.00. The molecule has 6 heteroatoms. The highest BCUT2D eigenvalue weighted by Crippen LogP contribution is 2.23. The molecule has 0 aliphatic rings. The van der Waals surface area contributed by atoms with Gasteiger partial charge in [-0.3, -0.25) is 4.79 Å². The number of aryl methyl sites for hydroxylation is 1. The SMILES string of the molecule is CNc1snc(C)c1C(=O)NCc1ccccc1CO. The molecular formula is C14H17N3O2S. The number of aliphatic hydroxyl groups is 1. The van der Waals surface area contributed by atoms with Crippen LogP contribution in [0.2, 0.25) is 0 Å². The molecule has 0 bridgehead atoms. The predicted molar refractivity (Wildman–Crippen MR) is 79.9 cm³/mol. The number of aliphatic hydroxyl groups excluding tert-OH is 1. The van der Waals surface area contributed by atoms with Gasteiger partial charge < -0.3 is 15.7 Å². The number of carbonyl (C=O) groups is 1. The Hall–Kier alpha value is -1.92. The average Bonchev–Trinajstić information content (AvgIpc) is 2.86. The maximum absolute atomic E-state index is 12.2. The highest BCUT2D eigenvalue weighted by Gasteiger charge is 2.17. The molecule has 2 aromatic rings. The zero-order chi connectivity index (χ0) is 14.5. The Kier molecular flexibility index (Phi) is 4.70. The molecule has 1 amide bonds. The van der Waals surface area contributed by atoms with Gasteiger partial charge in [-0.25, -0.2) is 0 Å². The van der Waals surface area contributed by atoms with E-state index in [1.54, 1.807) is 7.05 Å². The summed E-state index contributed by atoms with van der Waals surface area (Å²) >= 11 is 1.27. The molecule has 20 heavy (non-hydrogen) atoms. The minimum atomic E-state index is -0.159. The molecule has 0 saturated heterocycles. The molecule has 0 aliphatic carbocycles. The molecule has 0 saturated carbocycles. The van der Waals surface area contributed by atoms with Crippen LogP contribution < -0.4 is 10.6 Å². The van der Waals surface area contributed by atoms with Crippen LogP contribution in [0.1, 0.15) is 27.2 Å². The molecule has 106 valence electrons. The van der Waals surface area contributed by atoms with Crippen LogP contribution in [0.3, 0.4) is 0 Å². The predicted octanol–water partition coefficient (Wildman–Crippen LogP) is 1.92. The lowest BCUT2D eigenvalue weighted by Crippen LogP contribution is -2.24. The minimum absolute atomic E-state index is 0.0349. The number of hydrogen-bond donors (Lipinski definition) is 3. The largest absolute Gasteiger partial charge is 0.392 e. The van der Waals surface area contributed by atoms with Gasteiger partial charge in [-0.2, -0.15) is 4.37 Å². The summed E-state index contributed by atoms with van der Waals surface area (Å²) in [5.41, 5.74) is 3.03. The second kappa shape index (κ2) is 6.49. The average molecular weight is 291 g/mol. The van der Waals surface area contributed by atoms with Crippen molar-refractivity contribution in [2.45, 2.75) is 20.1 Å². The van der Waals surface area contributed by atoms with Gasteiger partial charge in [0.2, 0.25) is 0 Å². The van der Waals surface area contributed by atoms with Crippen molar-refractivity contribution in [1.29, 1.82) is 0 Å². The van der Waals surface area contributed by atoms with E-state index in [0.29, 0.717) is 17.8 Å². The lowest BCUT2D eigenvalue weighted by molar-refractivity contribution is 0.0951. The zero-order valence-electron chi connectivity index (χ0n) is 11.4. The van der Waals surface area contributed by atoms with Gasteiger partial charge in [0.05, 0.1) is 17.9 Å². The highest BCUT2D eigenvalue weighted by atomic mass is 32.1. The molecule has 1 heterocycles. The lowest BCUT2D eigenvalue weighted by atomic mass is 10.1. The van der Waals surface area contributed by atoms with E-state index in [-0.39, 0.29) is 12.5 Å². The first kappa shape index (κ1) is 14.5. The van der Waals surface area contributed by atoms with Gasteiger partial charge in [-0.05, 0) is 29.6 Å². The monoisotopic (exact) mass is 291 g/mol. The number of aromatic nitrogens is 1. The topological polar surface area (TPSA) is 74.2 Å². The first-order valence-corrected chi connectivity index (χ1v) is 7.04. The van der Waals surface area contributed by atoms with Crippen LogP contribution in [0.4, 0.5) is 5.00 Å². The van der Waals surface area contributed by atoms with Gasteiger partial charge in [0, 0.05) is 13.6 Å². The summed E-state index contributed by atoms with van der Waals surface area (Å²) in [6, 6.07) is 7.49. The molecule has 0 aliphatic heterocycles. The van der Waals surface area contributed by atoms with Crippen molar-refractivity contribution in [3.8, 4) is 0 Å². The fourth-order valence-electron chi connectivity index (χ4n) is 1.96. The van der Waals surface area contributed by atoms with E-state index in [9.17, 15) is 9.90 Å². The molecule has 5 nitrogen and oxygen atoms in total. The first-order chi connectivity index (χ1) is 9.67. The van der Waals surface area contributed by atoms with Gasteiger partial charge in [-0.15, -0.1) is 0 Å². The molecule has 0 radical (unpaired) electrons. The number of nitrogens with one attached hydrogen (secondary N) is 2. The van der Waals surface area contributed by atoms with E-state index >= 15 is 0 Å². The summed E-state index contributed by atoms with van der Waals surface area (Å²) in [7, 11) is 1.77. The van der Waals surface area contributed by atoms with Gasteiger partial charge in [0.15, 0.2) is 0 Å². The molecule has 0 spiro atoms. The molecule has 1 aromatic carbocycles. The van der Waals surface area contributed by atoms with Crippen LogP contribution >= 0.6 is 11.5 Å². The molecule has 0 unspecified atom stereocenters. The minimum Gasteiger partial charge on any atom is -0.392 e. The van der Waals surface area contributed by atoms with Crippen LogP contribution in [-0.2, 0) is 13.2 Å². The van der Waals surface area contributed by atoms with Crippen LogP contribution in [0.15, 0.2) is 24.3 Å². The molecule has 2 rings (SSSR count). The number of carbonyl (C=O) groups excluding carboxylic acids is 1. The van der Waals surface area contributed by atoms with Crippen LogP contribution in [-0.4, -0.2) is 22.4 Å². The Bertz CT molecular complexity index is 610. The normalized spacial score (nSPS) is 10.3. The Morgan fingerprint density at radius 2 is 2.05 bits per heavy atom. The van der Waals surface area contributed by atoms with Gasteiger partial charge >= 0.3 is 0 Å². The van der Waals surface area contributed by atoms with E-state index < -0.39 is 0 Å².